The molecule has 0 aromatic heterocycles. The molecule has 1 rings (SSSR count). The van der Waals surface area contributed by atoms with Crippen molar-refractivity contribution in [2.75, 3.05) is 26.7 Å². The monoisotopic (exact) mass is 255 g/mol. The summed E-state index contributed by atoms with van der Waals surface area (Å²) >= 11 is 0. The van der Waals surface area contributed by atoms with Crippen LogP contribution >= 0.6 is 0 Å². The fourth-order valence-electron chi connectivity index (χ4n) is 2.74. The third-order valence-electron chi connectivity index (χ3n) is 4.05. The summed E-state index contributed by atoms with van der Waals surface area (Å²) in [5.41, 5.74) is 5.17. The Morgan fingerprint density at radius 1 is 1.50 bits per heavy atom. The molecule has 0 bridgehead atoms. The first kappa shape index (κ1) is 15.4. The smallest absolute Gasteiger partial charge is 0.239 e. The van der Waals surface area contributed by atoms with Gasteiger partial charge in [-0.05, 0) is 38.3 Å². The van der Waals surface area contributed by atoms with Crippen molar-refractivity contribution in [2.24, 2.45) is 17.6 Å². The summed E-state index contributed by atoms with van der Waals surface area (Å²) in [7, 11) is 2.09. The van der Waals surface area contributed by atoms with Gasteiger partial charge in [-0.2, -0.15) is 0 Å². The molecule has 1 aliphatic carbocycles. The van der Waals surface area contributed by atoms with Gasteiger partial charge in [-0.3, -0.25) is 4.79 Å². The van der Waals surface area contributed by atoms with Gasteiger partial charge in [0.15, 0.2) is 0 Å². The van der Waals surface area contributed by atoms with Gasteiger partial charge in [0.2, 0.25) is 5.91 Å². The summed E-state index contributed by atoms with van der Waals surface area (Å²) in [6, 6.07) is 0. The first-order valence-corrected chi connectivity index (χ1v) is 7.19. The van der Waals surface area contributed by atoms with E-state index in [1.807, 2.05) is 6.92 Å². The molecule has 0 aromatic carbocycles. The molecule has 0 radical (unpaired) electrons. The molecule has 0 spiro atoms. The van der Waals surface area contributed by atoms with Crippen LogP contribution in [0.15, 0.2) is 0 Å². The first-order valence-electron chi connectivity index (χ1n) is 7.19. The van der Waals surface area contributed by atoms with E-state index in [0.717, 1.165) is 32.5 Å². The molecule has 18 heavy (non-hydrogen) atoms. The van der Waals surface area contributed by atoms with Crippen LogP contribution < -0.4 is 11.1 Å². The van der Waals surface area contributed by atoms with E-state index in [9.17, 15) is 4.79 Å². The third-order valence-corrected chi connectivity index (χ3v) is 4.05. The van der Waals surface area contributed by atoms with Crippen LogP contribution in [0.2, 0.25) is 0 Å². The van der Waals surface area contributed by atoms with Crippen molar-refractivity contribution in [1.29, 1.82) is 0 Å². The molecule has 1 saturated carbocycles. The molecule has 4 nitrogen and oxygen atoms in total. The summed E-state index contributed by atoms with van der Waals surface area (Å²) in [5.74, 6) is 0.888. The van der Waals surface area contributed by atoms with Crippen molar-refractivity contribution in [3.63, 3.8) is 0 Å². The largest absolute Gasteiger partial charge is 0.368 e. The number of hydrogen-bond donors (Lipinski definition) is 2. The van der Waals surface area contributed by atoms with E-state index in [0.29, 0.717) is 11.8 Å². The summed E-state index contributed by atoms with van der Waals surface area (Å²) in [4.78, 5) is 14.2. The van der Waals surface area contributed by atoms with Gasteiger partial charge in [0.05, 0.1) is 0 Å². The van der Waals surface area contributed by atoms with Gasteiger partial charge in [0.1, 0.15) is 5.54 Å². The van der Waals surface area contributed by atoms with Crippen LogP contribution in [-0.2, 0) is 4.79 Å². The van der Waals surface area contributed by atoms with Gasteiger partial charge < -0.3 is 16.0 Å². The van der Waals surface area contributed by atoms with Crippen LogP contribution in [0.5, 0.6) is 0 Å². The fourth-order valence-corrected chi connectivity index (χ4v) is 2.74. The normalized spacial score (nSPS) is 20.7. The van der Waals surface area contributed by atoms with E-state index < -0.39 is 5.54 Å². The Bertz CT molecular complexity index is 278. The molecule has 4 heteroatoms. The predicted octanol–water partition coefficient (Wildman–Crippen LogP) is 1.21. The number of nitrogens with one attached hydrogen (secondary N) is 1. The zero-order valence-corrected chi connectivity index (χ0v) is 12.3. The van der Waals surface area contributed by atoms with Crippen molar-refractivity contribution in [3.05, 3.63) is 0 Å². The molecule has 1 fully saturated rings. The van der Waals surface area contributed by atoms with Crippen LogP contribution in [0.1, 0.15) is 40.0 Å². The van der Waals surface area contributed by atoms with Crippen molar-refractivity contribution >= 4 is 5.91 Å². The molecule has 106 valence electrons. The number of carbonyl (C=O) groups excluding carboxylic acids is 1. The van der Waals surface area contributed by atoms with E-state index in [1.54, 1.807) is 0 Å². The van der Waals surface area contributed by atoms with Gasteiger partial charge >= 0.3 is 0 Å². The van der Waals surface area contributed by atoms with Crippen LogP contribution in [-0.4, -0.2) is 43.0 Å². The van der Waals surface area contributed by atoms with Crippen LogP contribution in [0, 0.1) is 11.8 Å². The second-order valence-corrected chi connectivity index (χ2v) is 5.85. The quantitative estimate of drug-likeness (QED) is 0.651. The van der Waals surface area contributed by atoms with Crippen molar-refractivity contribution in [1.82, 2.24) is 10.2 Å². The highest BCUT2D eigenvalue weighted by atomic mass is 16.1. The standard InChI is InChI=1S/C14H29N3O/c1-5-11(3)9-17(4)10-14(13(15)18,16-6-2)12-7-8-12/h11-12,16H,5-10H2,1-4H3,(H2,15,18). The van der Waals surface area contributed by atoms with Crippen LogP contribution in [0.25, 0.3) is 0 Å². The molecule has 0 saturated heterocycles. The minimum atomic E-state index is -0.517. The van der Waals surface area contributed by atoms with Gasteiger partial charge in [-0.15, -0.1) is 0 Å². The van der Waals surface area contributed by atoms with Crippen molar-refractivity contribution in [3.8, 4) is 0 Å². The molecular formula is C14H29N3O. The van der Waals surface area contributed by atoms with Crippen LogP contribution in [0.3, 0.4) is 0 Å². The number of likely N-dealkylation sites (N-methyl/N-ethyl adjacent to an activating group) is 2. The minimum Gasteiger partial charge on any atom is -0.368 e. The maximum atomic E-state index is 11.9. The zero-order chi connectivity index (χ0) is 13.8. The van der Waals surface area contributed by atoms with E-state index in [-0.39, 0.29) is 5.91 Å². The molecule has 2 atom stereocenters. The lowest BCUT2D eigenvalue weighted by Gasteiger charge is -2.36. The molecule has 3 N–H and O–H groups in total. The van der Waals surface area contributed by atoms with Gasteiger partial charge in [0, 0.05) is 13.1 Å². The Morgan fingerprint density at radius 3 is 2.50 bits per heavy atom. The van der Waals surface area contributed by atoms with Crippen LogP contribution in [0.4, 0.5) is 0 Å². The average Bonchev–Trinajstić information content (AvgIpc) is 3.11. The molecule has 0 aliphatic heterocycles. The molecular weight excluding hydrogens is 226 g/mol. The number of nitrogens with two attached hydrogens (primary N) is 1. The zero-order valence-electron chi connectivity index (χ0n) is 12.3. The Balaban J connectivity index is 2.68. The summed E-state index contributed by atoms with van der Waals surface area (Å²) in [6.45, 7) is 9.01. The lowest BCUT2D eigenvalue weighted by Crippen LogP contribution is -2.63. The summed E-state index contributed by atoms with van der Waals surface area (Å²) in [5, 5.41) is 3.36. The minimum absolute atomic E-state index is 0.192. The molecule has 2 unspecified atom stereocenters. The first-order chi connectivity index (χ1) is 8.46. The highest BCUT2D eigenvalue weighted by molar-refractivity contribution is 5.86. The lowest BCUT2D eigenvalue weighted by atomic mass is 9.91. The third kappa shape index (κ3) is 3.69. The molecule has 0 heterocycles. The molecule has 0 aromatic rings. The average molecular weight is 255 g/mol. The maximum Gasteiger partial charge on any atom is 0.239 e. The van der Waals surface area contributed by atoms with E-state index in [1.165, 1.54) is 6.42 Å². The number of carbonyl (C=O) groups is 1. The van der Waals surface area contributed by atoms with Gasteiger partial charge in [-0.25, -0.2) is 0 Å². The topological polar surface area (TPSA) is 58.4 Å². The van der Waals surface area contributed by atoms with Crippen molar-refractivity contribution in [2.45, 2.75) is 45.6 Å². The maximum absolute atomic E-state index is 11.9. The summed E-state index contributed by atoms with van der Waals surface area (Å²) in [6.07, 6.45) is 3.40. The number of amides is 1. The lowest BCUT2D eigenvalue weighted by molar-refractivity contribution is -0.126. The van der Waals surface area contributed by atoms with E-state index in [4.69, 9.17) is 5.73 Å². The molecule has 1 aliphatic rings. The Morgan fingerprint density at radius 2 is 2.11 bits per heavy atom. The van der Waals surface area contributed by atoms with E-state index >= 15 is 0 Å². The summed E-state index contributed by atoms with van der Waals surface area (Å²) < 4.78 is 0. The second kappa shape index (κ2) is 6.53. The van der Waals surface area contributed by atoms with E-state index in [2.05, 4.69) is 31.1 Å². The number of hydrogen-bond acceptors (Lipinski definition) is 3. The van der Waals surface area contributed by atoms with Gasteiger partial charge in [0.25, 0.3) is 0 Å². The Labute approximate surface area is 111 Å². The second-order valence-electron chi connectivity index (χ2n) is 5.85. The molecule has 1 amide bonds. The Hall–Kier alpha value is -0.610. The fraction of sp³-hybridized carbons (Fsp3) is 0.929. The predicted molar refractivity (Wildman–Crippen MR) is 75.3 cm³/mol. The number of nitrogens with zero attached hydrogens (tertiary/aromatic N) is 1. The van der Waals surface area contributed by atoms with Gasteiger partial charge in [-0.1, -0.05) is 27.2 Å². The highest BCUT2D eigenvalue weighted by Crippen LogP contribution is 2.40. The Kier molecular flexibility index (Phi) is 5.60. The highest BCUT2D eigenvalue weighted by Gasteiger charge is 2.49. The van der Waals surface area contributed by atoms with Crippen molar-refractivity contribution < 1.29 is 4.79 Å². The number of primary amides is 1. The SMILES string of the molecule is CCNC(CN(C)CC(C)CC)(C(N)=O)C1CC1. The number of rotatable bonds is 9.